The molecular formula is C24H20N6O6. The number of rotatable bonds is 8. The molecule has 0 aliphatic carbocycles. The van der Waals surface area contributed by atoms with Crippen LogP contribution in [0.25, 0.3) is 16.9 Å². The van der Waals surface area contributed by atoms with Crippen LogP contribution in [0.5, 0.6) is 17.2 Å². The molecule has 1 saturated heterocycles. The Morgan fingerprint density at radius 1 is 0.917 bits per heavy atom. The summed E-state index contributed by atoms with van der Waals surface area (Å²) in [6.45, 7) is 0.0612. The molecule has 2 aromatic carbocycles. The highest BCUT2D eigenvalue weighted by atomic mass is 16.5. The summed E-state index contributed by atoms with van der Waals surface area (Å²) in [5.41, 5.74) is -1.12. The normalized spacial score (nSPS) is 14.9. The molecule has 0 saturated carbocycles. The molecule has 1 fully saturated rings. The van der Waals surface area contributed by atoms with Crippen molar-refractivity contribution in [3.8, 4) is 23.2 Å². The Kier molecular flexibility index (Phi) is 6.00. The van der Waals surface area contributed by atoms with Gasteiger partial charge in [-0.2, -0.15) is 9.78 Å². The van der Waals surface area contributed by atoms with Gasteiger partial charge in [-0.15, -0.1) is 0 Å². The number of benzene rings is 2. The molecule has 4 amide bonds. The number of urea groups is 1. The highest BCUT2D eigenvalue weighted by Crippen LogP contribution is 2.30. The van der Waals surface area contributed by atoms with Gasteiger partial charge < -0.3 is 14.2 Å². The largest absolute Gasteiger partial charge is 0.467 e. The van der Waals surface area contributed by atoms with Crippen LogP contribution in [-0.2, 0) is 14.3 Å². The van der Waals surface area contributed by atoms with Crippen molar-refractivity contribution in [1.82, 2.24) is 30.4 Å². The first-order valence-electron chi connectivity index (χ1n) is 10.9. The lowest BCUT2D eigenvalue weighted by Crippen LogP contribution is -2.69. The number of hydrogen-bond acceptors (Lipinski definition) is 9. The Hall–Kier alpha value is -4.84. The lowest BCUT2D eigenvalue weighted by Gasteiger charge is -2.34. The molecule has 1 aliphatic heterocycles. The van der Waals surface area contributed by atoms with Crippen LogP contribution >= 0.6 is 0 Å². The molecule has 0 radical (unpaired) electrons. The molecular weight excluding hydrogens is 468 g/mol. The Labute approximate surface area is 204 Å². The topological polar surface area (TPSA) is 147 Å². The summed E-state index contributed by atoms with van der Waals surface area (Å²) in [5, 5.41) is 9.33. The number of imide groups is 2. The summed E-state index contributed by atoms with van der Waals surface area (Å²) >= 11 is 0. The number of carbonyl (C=O) groups excluding carboxylic acids is 3. The van der Waals surface area contributed by atoms with Gasteiger partial charge in [0, 0.05) is 31.3 Å². The Bertz CT molecular complexity index is 1420. The van der Waals surface area contributed by atoms with Crippen molar-refractivity contribution in [2.24, 2.45) is 0 Å². The van der Waals surface area contributed by atoms with Gasteiger partial charge in [0.2, 0.25) is 0 Å². The number of hydrogen-bond donors (Lipinski definition) is 2. The van der Waals surface area contributed by atoms with E-state index in [1.165, 1.54) is 7.11 Å². The van der Waals surface area contributed by atoms with E-state index in [2.05, 4.69) is 25.7 Å². The van der Waals surface area contributed by atoms with Gasteiger partial charge in [-0.25, -0.2) is 14.8 Å². The molecule has 0 bridgehead atoms. The number of aromatic nitrogens is 4. The van der Waals surface area contributed by atoms with Crippen LogP contribution in [0, 0.1) is 0 Å². The average molecular weight is 488 g/mol. The lowest BCUT2D eigenvalue weighted by atomic mass is 9.95. The first-order valence-corrected chi connectivity index (χ1v) is 10.9. The van der Waals surface area contributed by atoms with Crippen molar-refractivity contribution in [3.05, 3.63) is 67.1 Å². The molecule has 5 rings (SSSR count). The quantitative estimate of drug-likeness (QED) is 0.356. The van der Waals surface area contributed by atoms with Gasteiger partial charge in [0.25, 0.3) is 23.4 Å². The van der Waals surface area contributed by atoms with Gasteiger partial charge in [0.15, 0.2) is 0 Å². The van der Waals surface area contributed by atoms with Crippen molar-refractivity contribution >= 4 is 28.7 Å². The first kappa shape index (κ1) is 22.9. The van der Waals surface area contributed by atoms with Crippen LogP contribution in [0.2, 0.25) is 0 Å². The second-order valence-corrected chi connectivity index (χ2v) is 7.81. The fourth-order valence-electron chi connectivity index (χ4n) is 3.71. The number of amides is 4. The summed E-state index contributed by atoms with van der Waals surface area (Å²) in [4.78, 5) is 45.0. The number of nitrogens with one attached hydrogen (secondary N) is 2. The molecule has 3 heterocycles. The molecule has 12 heteroatoms. The van der Waals surface area contributed by atoms with E-state index < -0.39 is 23.4 Å². The Balaban J connectivity index is 1.33. The van der Waals surface area contributed by atoms with Crippen molar-refractivity contribution < 1.29 is 28.6 Å². The van der Waals surface area contributed by atoms with Crippen molar-refractivity contribution in [1.29, 1.82) is 0 Å². The van der Waals surface area contributed by atoms with E-state index in [1.54, 1.807) is 59.7 Å². The van der Waals surface area contributed by atoms with Crippen molar-refractivity contribution in [3.63, 3.8) is 0 Å². The zero-order chi connectivity index (χ0) is 25.1. The molecule has 1 aliphatic rings. The molecule has 12 nitrogen and oxygen atoms in total. The van der Waals surface area contributed by atoms with Crippen LogP contribution in [0.3, 0.4) is 0 Å². The van der Waals surface area contributed by atoms with Gasteiger partial charge in [-0.05, 0) is 48.5 Å². The number of nitrogens with zero attached hydrogens (tertiary/aromatic N) is 4. The number of ether oxygens (including phenoxy) is 3. The second-order valence-electron chi connectivity index (χ2n) is 7.81. The van der Waals surface area contributed by atoms with Crippen LogP contribution in [0.1, 0.15) is 6.42 Å². The van der Waals surface area contributed by atoms with Crippen LogP contribution in [0.4, 0.5) is 4.79 Å². The predicted octanol–water partition coefficient (Wildman–Crippen LogP) is 2.13. The zero-order valence-corrected chi connectivity index (χ0v) is 19.0. The number of carbonyl (C=O) groups is 3. The molecule has 0 atom stereocenters. The minimum atomic E-state index is -1.94. The average Bonchev–Trinajstić information content (AvgIpc) is 3.30. The zero-order valence-electron chi connectivity index (χ0n) is 19.0. The summed E-state index contributed by atoms with van der Waals surface area (Å²) in [7, 11) is 1.43. The third kappa shape index (κ3) is 4.32. The minimum absolute atomic E-state index is 0.0612. The van der Waals surface area contributed by atoms with E-state index >= 15 is 0 Å². The highest BCUT2D eigenvalue weighted by Gasteiger charge is 2.52. The molecule has 36 heavy (non-hydrogen) atoms. The van der Waals surface area contributed by atoms with Gasteiger partial charge in [0.1, 0.15) is 17.2 Å². The Morgan fingerprint density at radius 3 is 2.28 bits per heavy atom. The van der Waals surface area contributed by atoms with Crippen LogP contribution < -0.4 is 20.1 Å². The molecule has 182 valence electrons. The van der Waals surface area contributed by atoms with Crippen LogP contribution in [-0.4, -0.2) is 56.9 Å². The summed E-state index contributed by atoms with van der Waals surface area (Å²) in [6, 6.07) is 12.7. The minimum Gasteiger partial charge on any atom is -0.467 e. The number of barbiturate groups is 1. The second kappa shape index (κ2) is 9.43. The standard InChI is InChI=1S/C24H20N6O6/c1-34-12-9-24(20(31)28-23(33)29-21(24)32)36-17-5-3-16(4-6-17)35-18-7-8-19-15(13-18)14-27-30(19)22-25-10-2-11-26-22/h2-8,10-11,13-14H,9,12H2,1H3,(H2,28,29,31,32,33). The first-order chi connectivity index (χ1) is 17.5. The summed E-state index contributed by atoms with van der Waals surface area (Å²) in [5.74, 6) is 0.0548. The molecule has 0 spiro atoms. The van der Waals surface area contributed by atoms with Crippen molar-refractivity contribution in [2.45, 2.75) is 12.0 Å². The maximum atomic E-state index is 12.5. The van der Waals surface area contributed by atoms with E-state index in [0.717, 1.165) is 10.9 Å². The summed E-state index contributed by atoms with van der Waals surface area (Å²) < 4.78 is 18.4. The van der Waals surface area contributed by atoms with E-state index in [1.807, 2.05) is 12.1 Å². The van der Waals surface area contributed by atoms with Crippen LogP contribution in [0.15, 0.2) is 67.1 Å². The van der Waals surface area contributed by atoms with E-state index in [4.69, 9.17) is 14.2 Å². The number of fused-ring (bicyclic) bond motifs is 1. The SMILES string of the molecule is COCCC1(Oc2ccc(Oc3ccc4c(cnn4-c4ncccn4)c3)cc2)C(=O)NC(=O)NC1=O. The smallest absolute Gasteiger partial charge is 0.328 e. The van der Waals surface area contributed by atoms with Crippen molar-refractivity contribution in [2.75, 3.05) is 13.7 Å². The predicted molar refractivity (Wildman–Crippen MR) is 125 cm³/mol. The van der Waals surface area contributed by atoms with E-state index in [-0.39, 0.29) is 18.8 Å². The third-order valence-electron chi connectivity index (χ3n) is 5.48. The Morgan fingerprint density at radius 2 is 1.58 bits per heavy atom. The third-order valence-corrected chi connectivity index (χ3v) is 5.48. The van der Waals surface area contributed by atoms with E-state index in [9.17, 15) is 14.4 Å². The van der Waals surface area contributed by atoms with Gasteiger partial charge >= 0.3 is 6.03 Å². The van der Waals surface area contributed by atoms with E-state index in [0.29, 0.717) is 17.4 Å². The molecule has 0 unspecified atom stereocenters. The molecule has 2 aromatic heterocycles. The fraction of sp³-hybridized carbons (Fsp3) is 0.167. The summed E-state index contributed by atoms with van der Waals surface area (Å²) in [6.07, 6.45) is 4.90. The molecule has 2 N–H and O–H groups in total. The fourth-order valence-corrected chi connectivity index (χ4v) is 3.71. The number of methoxy groups -OCH3 is 1. The maximum absolute atomic E-state index is 12.5. The molecule has 4 aromatic rings. The highest BCUT2D eigenvalue weighted by molar-refractivity contribution is 6.21. The van der Waals surface area contributed by atoms with Gasteiger partial charge in [-0.1, -0.05) is 0 Å². The van der Waals surface area contributed by atoms with Gasteiger partial charge in [-0.3, -0.25) is 20.2 Å². The maximum Gasteiger partial charge on any atom is 0.328 e. The lowest BCUT2D eigenvalue weighted by molar-refractivity contribution is -0.153. The van der Waals surface area contributed by atoms with Gasteiger partial charge in [0.05, 0.1) is 18.3 Å². The monoisotopic (exact) mass is 488 g/mol.